The molecule has 0 unspecified atom stereocenters. The summed E-state index contributed by atoms with van der Waals surface area (Å²) in [6, 6.07) is 7.84. The minimum atomic E-state index is 0.0508. The van der Waals surface area contributed by atoms with Gasteiger partial charge in [-0.1, -0.05) is 0 Å². The fraction of sp³-hybridized carbons (Fsp3) is 0.250. The molecule has 0 aliphatic heterocycles. The largest absolute Gasteiger partial charge is 0.497 e. The third kappa shape index (κ3) is 2.82. The number of rotatable bonds is 5. The standard InChI is InChI=1S/C16H17N3O2S/c1-17-15(20)8-5-12-10-22-16-18-14(9-19(12)16)11-3-6-13(21-2)7-4-11/h3-4,6-7,9-10H,5,8H2,1-2H3,(H,17,20). The lowest BCUT2D eigenvalue weighted by atomic mass is 10.1. The van der Waals surface area contributed by atoms with Crippen LogP contribution in [0.5, 0.6) is 5.75 Å². The number of hydrogen-bond acceptors (Lipinski definition) is 4. The van der Waals surface area contributed by atoms with E-state index in [4.69, 9.17) is 4.74 Å². The van der Waals surface area contributed by atoms with Crippen LogP contribution in [-0.2, 0) is 11.2 Å². The highest BCUT2D eigenvalue weighted by Gasteiger charge is 2.10. The molecule has 2 heterocycles. The zero-order chi connectivity index (χ0) is 15.5. The average molecular weight is 315 g/mol. The second-order valence-electron chi connectivity index (χ2n) is 4.91. The Morgan fingerprint density at radius 2 is 2.14 bits per heavy atom. The van der Waals surface area contributed by atoms with Gasteiger partial charge in [0.1, 0.15) is 5.75 Å². The molecular formula is C16H17N3O2S. The number of carbonyl (C=O) groups excluding carboxylic acids is 1. The van der Waals surface area contributed by atoms with Gasteiger partial charge in [0, 0.05) is 36.3 Å². The van der Waals surface area contributed by atoms with Crippen molar-refractivity contribution in [2.45, 2.75) is 12.8 Å². The van der Waals surface area contributed by atoms with E-state index in [0.29, 0.717) is 12.8 Å². The summed E-state index contributed by atoms with van der Waals surface area (Å²) in [4.78, 5) is 17.0. The Hall–Kier alpha value is -2.34. The predicted molar refractivity (Wildman–Crippen MR) is 87.4 cm³/mol. The summed E-state index contributed by atoms with van der Waals surface area (Å²) in [6.45, 7) is 0. The molecule has 0 aliphatic rings. The van der Waals surface area contributed by atoms with Crippen molar-refractivity contribution in [2.24, 2.45) is 0 Å². The van der Waals surface area contributed by atoms with Crippen LogP contribution in [0.1, 0.15) is 12.1 Å². The van der Waals surface area contributed by atoms with Gasteiger partial charge in [-0.25, -0.2) is 4.98 Å². The fourth-order valence-electron chi connectivity index (χ4n) is 2.28. The Morgan fingerprint density at radius 3 is 2.82 bits per heavy atom. The van der Waals surface area contributed by atoms with E-state index in [0.717, 1.165) is 27.7 Å². The van der Waals surface area contributed by atoms with Gasteiger partial charge in [-0.15, -0.1) is 11.3 Å². The Kier molecular flexibility index (Phi) is 4.11. The number of thiazole rings is 1. The molecule has 3 aromatic rings. The summed E-state index contributed by atoms with van der Waals surface area (Å²) in [5.74, 6) is 0.880. The van der Waals surface area contributed by atoms with E-state index in [2.05, 4.69) is 20.1 Å². The molecule has 0 fully saturated rings. The van der Waals surface area contributed by atoms with Crippen molar-refractivity contribution in [3.63, 3.8) is 0 Å². The van der Waals surface area contributed by atoms with Crippen LogP contribution in [0.2, 0.25) is 0 Å². The average Bonchev–Trinajstić information content (AvgIpc) is 3.13. The number of hydrogen-bond donors (Lipinski definition) is 1. The summed E-state index contributed by atoms with van der Waals surface area (Å²) >= 11 is 1.59. The number of aromatic nitrogens is 2. The molecule has 0 aliphatic carbocycles. The summed E-state index contributed by atoms with van der Waals surface area (Å²) in [6.07, 6.45) is 3.21. The number of imidazole rings is 1. The molecule has 0 saturated carbocycles. The Labute approximate surface area is 132 Å². The molecule has 22 heavy (non-hydrogen) atoms. The highest BCUT2D eigenvalue weighted by molar-refractivity contribution is 7.15. The molecular weight excluding hydrogens is 298 g/mol. The van der Waals surface area contributed by atoms with Crippen LogP contribution in [0.15, 0.2) is 35.8 Å². The van der Waals surface area contributed by atoms with Crippen molar-refractivity contribution in [3.05, 3.63) is 41.5 Å². The molecule has 2 aromatic heterocycles. The topological polar surface area (TPSA) is 55.6 Å². The molecule has 1 aromatic carbocycles. The molecule has 1 amide bonds. The van der Waals surface area contributed by atoms with Crippen LogP contribution < -0.4 is 10.1 Å². The van der Waals surface area contributed by atoms with Crippen LogP contribution in [0, 0.1) is 0 Å². The van der Waals surface area contributed by atoms with Gasteiger partial charge < -0.3 is 10.1 Å². The Bertz CT molecular complexity index is 789. The van der Waals surface area contributed by atoms with Crippen LogP contribution in [0.4, 0.5) is 0 Å². The van der Waals surface area contributed by atoms with Crippen molar-refractivity contribution in [1.29, 1.82) is 0 Å². The van der Waals surface area contributed by atoms with Crippen molar-refractivity contribution >= 4 is 22.2 Å². The SMILES string of the molecule is CNC(=O)CCc1csc2nc(-c3ccc(OC)cc3)cn12. The number of nitrogens with zero attached hydrogens (tertiary/aromatic N) is 2. The molecule has 0 spiro atoms. The van der Waals surface area contributed by atoms with E-state index >= 15 is 0 Å². The number of aryl methyl sites for hydroxylation is 1. The van der Waals surface area contributed by atoms with Gasteiger partial charge in [0.2, 0.25) is 5.91 Å². The third-order valence-electron chi connectivity index (χ3n) is 3.56. The minimum Gasteiger partial charge on any atom is -0.497 e. The number of carbonyl (C=O) groups is 1. The first-order valence-electron chi connectivity index (χ1n) is 7.01. The summed E-state index contributed by atoms with van der Waals surface area (Å²) in [5, 5.41) is 4.70. The van der Waals surface area contributed by atoms with Gasteiger partial charge in [0.15, 0.2) is 4.96 Å². The molecule has 0 radical (unpaired) electrons. The third-order valence-corrected chi connectivity index (χ3v) is 4.44. The first kappa shape index (κ1) is 14.6. The molecule has 114 valence electrons. The van der Waals surface area contributed by atoms with Gasteiger partial charge in [0.25, 0.3) is 0 Å². The van der Waals surface area contributed by atoms with Crippen molar-refractivity contribution in [3.8, 4) is 17.0 Å². The summed E-state index contributed by atoms with van der Waals surface area (Å²) in [7, 11) is 3.31. The van der Waals surface area contributed by atoms with E-state index in [1.165, 1.54) is 0 Å². The number of methoxy groups -OCH3 is 1. The first-order chi connectivity index (χ1) is 10.7. The predicted octanol–water partition coefficient (Wildman–Crippen LogP) is 2.75. The zero-order valence-electron chi connectivity index (χ0n) is 12.5. The van der Waals surface area contributed by atoms with E-state index in [9.17, 15) is 4.79 Å². The minimum absolute atomic E-state index is 0.0508. The zero-order valence-corrected chi connectivity index (χ0v) is 13.3. The van der Waals surface area contributed by atoms with E-state index in [-0.39, 0.29) is 5.91 Å². The lowest BCUT2D eigenvalue weighted by Crippen LogP contribution is -2.18. The molecule has 5 nitrogen and oxygen atoms in total. The van der Waals surface area contributed by atoms with Gasteiger partial charge in [0.05, 0.1) is 12.8 Å². The maximum atomic E-state index is 11.4. The summed E-state index contributed by atoms with van der Waals surface area (Å²) in [5.41, 5.74) is 3.08. The molecule has 0 atom stereocenters. The van der Waals surface area contributed by atoms with Gasteiger partial charge in [-0.3, -0.25) is 9.20 Å². The molecule has 6 heteroatoms. The maximum Gasteiger partial charge on any atom is 0.220 e. The Balaban J connectivity index is 1.86. The highest BCUT2D eigenvalue weighted by Crippen LogP contribution is 2.25. The van der Waals surface area contributed by atoms with Gasteiger partial charge >= 0.3 is 0 Å². The van der Waals surface area contributed by atoms with Crippen molar-refractivity contribution in [1.82, 2.24) is 14.7 Å². The number of amides is 1. The number of nitrogens with one attached hydrogen (secondary N) is 1. The number of fused-ring (bicyclic) bond motifs is 1. The molecule has 0 saturated heterocycles. The first-order valence-corrected chi connectivity index (χ1v) is 7.89. The second-order valence-corrected chi connectivity index (χ2v) is 5.74. The summed E-state index contributed by atoms with van der Waals surface area (Å²) < 4.78 is 7.23. The smallest absolute Gasteiger partial charge is 0.220 e. The maximum absolute atomic E-state index is 11.4. The van der Waals surface area contributed by atoms with Gasteiger partial charge in [-0.2, -0.15) is 0 Å². The Morgan fingerprint density at radius 1 is 1.36 bits per heavy atom. The van der Waals surface area contributed by atoms with Crippen molar-refractivity contribution < 1.29 is 9.53 Å². The van der Waals surface area contributed by atoms with Crippen LogP contribution in [0.3, 0.4) is 0 Å². The van der Waals surface area contributed by atoms with E-state index < -0.39 is 0 Å². The van der Waals surface area contributed by atoms with E-state index in [1.54, 1.807) is 25.5 Å². The van der Waals surface area contributed by atoms with Gasteiger partial charge in [-0.05, 0) is 30.7 Å². The molecule has 1 N–H and O–H groups in total. The molecule has 3 rings (SSSR count). The van der Waals surface area contributed by atoms with Crippen LogP contribution in [-0.4, -0.2) is 29.4 Å². The van der Waals surface area contributed by atoms with Crippen LogP contribution >= 0.6 is 11.3 Å². The van der Waals surface area contributed by atoms with E-state index in [1.807, 2.05) is 30.5 Å². The monoisotopic (exact) mass is 315 g/mol. The number of benzene rings is 1. The molecule has 0 bridgehead atoms. The van der Waals surface area contributed by atoms with Crippen LogP contribution in [0.25, 0.3) is 16.2 Å². The lowest BCUT2D eigenvalue weighted by molar-refractivity contribution is -0.120. The normalized spacial score (nSPS) is 10.8. The highest BCUT2D eigenvalue weighted by atomic mass is 32.1. The quantitative estimate of drug-likeness (QED) is 0.787. The fourth-order valence-corrected chi connectivity index (χ4v) is 3.18. The second kappa shape index (κ2) is 6.19. The van der Waals surface area contributed by atoms with Crippen molar-refractivity contribution in [2.75, 3.05) is 14.2 Å². The lowest BCUT2D eigenvalue weighted by Gasteiger charge is -2.01. The number of ether oxygens (including phenoxy) is 1.